The lowest BCUT2D eigenvalue weighted by atomic mass is 10.1. The Labute approximate surface area is 148 Å². The Balaban J connectivity index is 0.00000208. The van der Waals surface area contributed by atoms with E-state index in [1.54, 1.807) is 0 Å². The zero-order valence-electron chi connectivity index (χ0n) is 12.3. The maximum atomic E-state index is 13.3. The van der Waals surface area contributed by atoms with E-state index in [2.05, 4.69) is 10.2 Å². The number of rotatable bonds is 3. The van der Waals surface area contributed by atoms with Crippen LogP contribution in [0.2, 0.25) is 5.02 Å². The number of aromatic amines is 1. The number of carbonyl (C=O) groups excluding carboxylic acids is 1. The highest BCUT2D eigenvalue weighted by atomic mass is 35.5. The first-order valence-electron chi connectivity index (χ1n) is 6.98. The number of H-pyrrole nitrogens is 1. The fourth-order valence-electron chi connectivity index (χ4n) is 2.64. The number of benzene rings is 1. The van der Waals surface area contributed by atoms with E-state index in [1.165, 1.54) is 29.3 Å². The Kier molecular flexibility index (Phi) is 5.46. The van der Waals surface area contributed by atoms with E-state index in [0.717, 1.165) is 0 Å². The molecule has 2 N–H and O–H groups in total. The predicted molar refractivity (Wildman–Crippen MR) is 87.9 cm³/mol. The molecule has 0 aliphatic carbocycles. The molecule has 6 nitrogen and oxygen atoms in total. The second-order valence-corrected chi connectivity index (χ2v) is 5.77. The molecule has 2 aromatic rings. The molecule has 1 unspecified atom stereocenters. The van der Waals surface area contributed by atoms with Crippen molar-refractivity contribution in [2.45, 2.75) is 6.42 Å². The smallest absolute Gasteiger partial charge is 0.308 e. The van der Waals surface area contributed by atoms with E-state index in [-0.39, 0.29) is 29.9 Å². The quantitative estimate of drug-likeness (QED) is 0.865. The molecule has 1 aromatic carbocycles. The lowest BCUT2D eigenvalue weighted by Gasteiger charge is -2.15. The number of hydrogen-bond donors (Lipinski definition) is 2. The minimum atomic E-state index is -0.905. The molecule has 2 heterocycles. The standard InChI is InChI=1S/C15H13ClFN3O3.ClH/c16-11-5-8(1-2-12(11)17)13-10(6-18-19-13)14(21)20-4-3-9(7-20)15(22)23;/h1-2,5-6,9H,3-4,7H2,(H,18,19)(H,22,23);1H. The van der Waals surface area contributed by atoms with Crippen LogP contribution in [0.1, 0.15) is 16.8 Å². The van der Waals surface area contributed by atoms with Crippen LogP contribution in [0.4, 0.5) is 4.39 Å². The summed E-state index contributed by atoms with van der Waals surface area (Å²) in [6, 6.07) is 4.11. The highest BCUT2D eigenvalue weighted by Gasteiger charge is 2.32. The van der Waals surface area contributed by atoms with Crippen LogP contribution in [0.5, 0.6) is 0 Å². The highest BCUT2D eigenvalue weighted by molar-refractivity contribution is 6.31. The van der Waals surface area contributed by atoms with Crippen molar-refractivity contribution < 1.29 is 19.1 Å². The summed E-state index contributed by atoms with van der Waals surface area (Å²) in [6.45, 7) is 0.549. The molecule has 0 radical (unpaired) electrons. The minimum Gasteiger partial charge on any atom is -0.481 e. The average Bonchev–Trinajstić information content (AvgIpc) is 3.18. The predicted octanol–water partition coefficient (Wildman–Crippen LogP) is 2.84. The van der Waals surface area contributed by atoms with Crippen molar-refractivity contribution >= 4 is 35.9 Å². The molecule has 1 saturated heterocycles. The number of nitrogens with zero attached hydrogens (tertiary/aromatic N) is 2. The third-order valence-electron chi connectivity index (χ3n) is 3.90. The molecule has 1 aromatic heterocycles. The lowest BCUT2D eigenvalue weighted by Crippen LogP contribution is -2.30. The van der Waals surface area contributed by atoms with E-state index in [1.807, 2.05) is 0 Å². The summed E-state index contributed by atoms with van der Waals surface area (Å²) >= 11 is 5.77. The fraction of sp³-hybridized carbons (Fsp3) is 0.267. The summed E-state index contributed by atoms with van der Waals surface area (Å²) in [5.41, 5.74) is 1.26. The molecule has 0 bridgehead atoms. The molecule has 1 aliphatic heterocycles. The lowest BCUT2D eigenvalue weighted by molar-refractivity contribution is -0.141. The van der Waals surface area contributed by atoms with Gasteiger partial charge in [0.1, 0.15) is 5.82 Å². The third-order valence-corrected chi connectivity index (χ3v) is 4.19. The molecule has 128 valence electrons. The number of nitrogens with one attached hydrogen (secondary N) is 1. The van der Waals surface area contributed by atoms with Gasteiger partial charge in [0, 0.05) is 18.7 Å². The first-order valence-corrected chi connectivity index (χ1v) is 7.36. The summed E-state index contributed by atoms with van der Waals surface area (Å²) in [5, 5.41) is 15.6. The third kappa shape index (κ3) is 3.37. The molecular formula is C15H14Cl2FN3O3. The molecule has 1 aliphatic rings. The van der Waals surface area contributed by atoms with Crippen LogP contribution in [-0.4, -0.2) is 45.2 Å². The Bertz CT molecular complexity index is 781. The number of carboxylic acids is 1. The fourth-order valence-corrected chi connectivity index (χ4v) is 2.82. The van der Waals surface area contributed by atoms with Crippen molar-refractivity contribution in [3.05, 3.63) is 40.8 Å². The molecule has 1 atom stereocenters. The van der Waals surface area contributed by atoms with E-state index < -0.39 is 17.7 Å². The molecule has 24 heavy (non-hydrogen) atoms. The molecule has 9 heteroatoms. The molecule has 3 rings (SSSR count). The Hall–Kier alpha value is -2.12. The van der Waals surface area contributed by atoms with Crippen molar-refractivity contribution in [2.75, 3.05) is 13.1 Å². The van der Waals surface area contributed by atoms with Gasteiger partial charge < -0.3 is 10.0 Å². The Morgan fingerprint density at radius 2 is 2.17 bits per heavy atom. The summed E-state index contributed by atoms with van der Waals surface area (Å²) < 4.78 is 13.3. The normalized spacial score (nSPS) is 16.8. The van der Waals surface area contributed by atoms with E-state index in [0.29, 0.717) is 29.8 Å². The van der Waals surface area contributed by atoms with Crippen LogP contribution in [0, 0.1) is 11.7 Å². The first-order chi connectivity index (χ1) is 11.0. The van der Waals surface area contributed by atoms with Gasteiger partial charge in [-0.2, -0.15) is 5.10 Å². The van der Waals surface area contributed by atoms with Crippen LogP contribution in [0.25, 0.3) is 11.3 Å². The van der Waals surface area contributed by atoms with Gasteiger partial charge in [0.05, 0.1) is 28.4 Å². The highest BCUT2D eigenvalue weighted by Crippen LogP contribution is 2.28. The average molecular weight is 374 g/mol. The molecule has 1 amide bonds. The van der Waals surface area contributed by atoms with Crippen molar-refractivity contribution in [1.82, 2.24) is 15.1 Å². The van der Waals surface area contributed by atoms with Crippen molar-refractivity contribution in [1.29, 1.82) is 0 Å². The second-order valence-electron chi connectivity index (χ2n) is 5.36. The number of halogens is 3. The molecule has 0 spiro atoms. The monoisotopic (exact) mass is 373 g/mol. The minimum absolute atomic E-state index is 0. The van der Waals surface area contributed by atoms with Crippen molar-refractivity contribution in [3.8, 4) is 11.3 Å². The number of likely N-dealkylation sites (tertiary alicyclic amines) is 1. The van der Waals surface area contributed by atoms with Gasteiger partial charge in [-0.15, -0.1) is 12.4 Å². The van der Waals surface area contributed by atoms with Crippen LogP contribution in [0.15, 0.2) is 24.4 Å². The van der Waals surface area contributed by atoms with Crippen molar-refractivity contribution in [3.63, 3.8) is 0 Å². The molecular weight excluding hydrogens is 360 g/mol. The van der Waals surface area contributed by atoms with Gasteiger partial charge in [0.2, 0.25) is 0 Å². The van der Waals surface area contributed by atoms with Gasteiger partial charge in [-0.1, -0.05) is 11.6 Å². The number of carboxylic acid groups (broad SMARTS) is 1. The van der Waals surface area contributed by atoms with Gasteiger partial charge in [-0.25, -0.2) is 4.39 Å². The topological polar surface area (TPSA) is 86.3 Å². The number of aromatic nitrogens is 2. The summed E-state index contributed by atoms with van der Waals surface area (Å²) in [5.74, 6) is -2.31. The SMILES string of the molecule is Cl.O=C(O)C1CCN(C(=O)c2cn[nH]c2-c2ccc(F)c(Cl)c2)C1. The van der Waals surface area contributed by atoms with Crippen LogP contribution < -0.4 is 0 Å². The van der Waals surface area contributed by atoms with Crippen LogP contribution in [-0.2, 0) is 4.79 Å². The van der Waals surface area contributed by atoms with E-state index in [9.17, 15) is 14.0 Å². The van der Waals surface area contributed by atoms with Gasteiger partial charge in [-0.05, 0) is 24.6 Å². The molecule has 1 fully saturated rings. The Morgan fingerprint density at radius 3 is 2.79 bits per heavy atom. The second kappa shape index (κ2) is 7.19. The first kappa shape index (κ1) is 18.2. The number of amides is 1. The van der Waals surface area contributed by atoms with Gasteiger partial charge in [0.25, 0.3) is 5.91 Å². The summed E-state index contributed by atoms with van der Waals surface area (Å²) in [6.07, 6.45) is 1.81. The summed E-state index contributed by atoms with van der Waals surface area (Å²) in [4.78, 5) is 25.1. The van der Waals surface area contributed by atoms with E-state index >= 15 is 0 Å². The van der Waals surface area contributed by atoms with Crippen LogP contribution >= 0.6 is 24.0 Å². The van der Waals surface area contributed by atoms with Gasteiger partial charge in [0.15, 0.2) is 0 Å². The maximum absolute atomic E-state index is 13.3. The number of hydrogen-bond acceptors (Lipinski definition) is 3. The zero-order valence-corrected chi connectivity index (χ0v) is 13.9. The van der Waals surface area contributed by atoms with Gasteiger partial charge in [-0.3, -0.25) is 14.7 Å². The maximum Gasteiger partial charge on any atom is 0.308 e. The van der Waals surface area contributed by atoms with E-state index in [4.69, 9.17) is 16.7 Å². The Morgan fingerprint density at radius 1 is 1.42 bits per heavy atom. The molecule has 0 saturated carbocycles. The number of carbonyl (C=O) groups is 2. The van der Waals surface area contributed by atoms with Crippen molar-refractivity contribution in [2.24, 2.45) is 5.92 Å². The largest absolute Gasteiger partial charge is 0.481 e. The van der Waals surface area contributed by atoms with Crippen LogP contribution in [0.3, 0.4) is 0 Å². The van der Waals surface area contributed by atoms with Gasteiger partial charge >= 0.3 is 5.97 Å². The number of aliphatic carboxylic acids is 1. The summed E-state index contributed by atoms with van der Waals surface area (Å²) in [7, 11) is 0. The zero-order chi connectivity index (χ0) is 16.6.